The number of fused-ring (bicyclic) bond motifs is 3. The van der Waals surface area contributed by atoms with Gasteiger partial charge in [-0.1, -0.05) is 59.9 Å². The molecule has 1 atom stereocenters. The first-order valence-corrected chi connectivity index (χ1v) is 16.1. The number of aryl methyl sites for hydroxylation is 1. The fourth-order valence-corrected chi connectivity index (χ4v) is 5.89. The summed E-state index contributed by atoms with van der Waals surface area (Å²) >= 11 is 0. The number of anilines is 1. The zero-order valence-corrected chi connectivity index (χ0v) is 27.4. The van der Waals surface area contributed by atoms with Gasteiger partial charge in [0.25, 0.3) is 0 Å². The van der Waals surface area contributed by atoms with Crippen LogP contribution in [-0.2, 0) is 18.0 Å². The van der Waals surface area contributed by atoms with Crippen molar-refractivity contribution in [3.63, 3.8) is 0 Å². The van der Waals surface area contributed by atoms with E-state index in [-0.39, 0.29) is 0 Å². The molecule has 2 N–H and O–H groups in total. The molecule has 0 bridgehead atoms. The zero-order valence-electron chi connectivity index (χ0n) is 26.2. The molecule has 0 spiro atoms. The van der Waals surface area contributed by atoms with E-state index in [9.17, 15) is 5.26 Å². The summed E-state index contributed by atoms with van der Waals surface area (Å²) < 4.78 is 21.7. The largest absolute Gasteiger partial charge is 0.401 e. The molecule has 0 amide bonds. The number of rotatable bonds is 7. The highest BCUT2D eigenvalue weighted by molar-refractivity contribution is 7.29. The highest BCUT2D eigenvalue weighted by Gasteiger charge is 2.29. The number of hydrogen-bond acceptors (Lipinski definition) is 6. The molecule has 5 rings (SSSR count). The summed E-state index contributed by atoms with van der Waals surface area (Å²) in [6.07, 6.45) is 9.17. The minimum atomic E-state index is -0.391. The van der Waals surface area contributed by atoms with E-state index < -0.39 is 5.82 Å². The molecule has 42 heavy (non-hydrogen) atoms. The van der Waals surface area contributed by atoms with Gasteiger partial charge in [-0.25, -0.2) is 14.4 Å². The molecule has 226 valence electrons. The van der Waals surface area contributed by atoms with Crippen LogP contribution in [0.25, 0.3) is 27.6 Å². The van der Waals surface area contributed by atoms with Crippen LogP contribution < -0.4 is 15.9 Å². The van der Waals surface area contributed by atoms with E-state index in [1.807, 2.05) is 27.0 Å². The van der Waals surface area contributed by atoms with Crippen LogP contribution in [0.2, 0.25) is 0 Å². The minimum Gasteiger partial charge on any atom is -0.401 e. The maximum Gasteiger partial charge on any atom is 0.225 e. The van der Waals surface area contributed by atoms with Gasteiger partial charge in [0.05, 0.1) is 24.3 Å². The molecular formula is C34H47FN5OP. The van der Waals surface area contributed by atoms with E-state index in [2.05, 4.69) is 46.0 Å². The Morgan fingerprint density at radius 1 is 1.07 bits per heavy atom. The predicted octanol–water partition coefficient (Wildman–Crippen LogP) is 8.09. The van der Waals surface area contributed by atoms with Crippen LogP contribution in [0.15, 0.2) is 24.0 Å². The summed E-state index contributed by atoms with van der Waals surface area (Å²) in [6.45, 7) is 15.0. The van der Waals surface area contributed by atoms with Crippen LogP contribution >= 0.6 is 9.24 Å². The van der Waals surface area contributed by atoms with Crippen molar-refractivity contribution in [2.75, 3.05) is 18.0 Å². The molecule has 8 heteroatoms. The third kappa shape index (κ3) is 6.93. The van der Waals surface area contributed by atoms with Gasteiger partial charge in [0.1, 0.15) is 11.9 Å². The van der Waals surface area contributed by atoms with Crippen LogP contribution in [0.3, 0.4) is 0 Å². The lowest BCUT2D eigenvalue weighted by molar-refractivity contribution is 0.135. The average Bonchev–Trinajstić information content (AvgIpc) is 3.73. The third-order valence-electron chi connectivity index (χ3n) is 7.77. The van der Waals surface area contributed by atoms with E-state index in [0.29, 0.717) is 48.0 Å². The Kier molecular flexibility index (Phi) is 12.7. The summed E-state index contributed by atoms with van der Waals surface area (Å²) in [5.41, 5.74) is 12.4. The molecule has 6 nitrogen and oxygen atoms in total. The lowest BCUT2D eigenvalue weighted by Crippen LogP contribution is -2.21. The lowest BCUT2D eigenvalue weighted by atomic mass is 9.85. The van der Waals surface area contributed by atoms with Gasteiger partial charge in [0.15, 0.2) is 0 Å². The first-order valence-electron chi connectivity index (χ1n) is 15.5. The number of benzene rings is 2. The Hall–Kier alpha value is -3.07. The Morgan fingerprint density at radius 3 is 2.36 bits per heavy atom. The molecule has 1 saturated heterocycles. The number of halogens is 1. The molecule has 1 unspecified atom stereocenters. The summed E-state index contributed by atoms with van der Waals surface area (Å²) in [6, 6.07) is 5.48. The summed E-state index contributed by atoms with van der Waals surface area (Å²) in [7, 11) is 2.79. The van der Waals surface area contributed by atoms with Crippen molar-refractivity contribution in [3.05, 3.63) is 52.1 Å². The van der Waals surface area contributed by atoms with E-state index >= 15 is 4.39 Å². The summed E-state index contributed by atoms with van der Waals surface area (Å²) in [4.78, 5) is 11.8. The maximum absolute atomic E-state index is 15.8. The number of unbranched alkanes of at least 4 members (excludes halogenated alkanes) is 2. The highest BCUT2D eigenvalue weighted by Crippen LogP contribution is 2.42. The number of aromatic nitrogens is 2. The Bertz CT molecular complexity index is 1460. The Morgan fingerprint density at radius 2 is 1.74 bits per heavy atom. The number of nitrogens with two attached hydrogens (primary N) is 1. The zero-order chi connectivity index (χ0) is 30.8. The second-order valence-corrected chi connectivity index (χ2v) is 11.2. The van der Waals surface area contributed by atoms with Crippen LogP contribution in [0.1, 0.15) is 102 Å². The van der Waals surface area contributed by atoms with Gasteiger partial charge < -0.3 is 15.4 Å². The molecule has 3 aromatic rings. The monoisotopic (exact) mass is 591 g/mol. The molecule has 1 fully saturated rings. The van der Waals surface area contributed by atoms with Crippen LogP contribution in [0.4, 0.5) is 10.3 Å². The predicted molar refractivity (Wildman–Crippen MR) is 177 cm³/mol. The van der Waals surface area contributed by atoms with Crippen molar-refractivity contribution < 1.29 is 9.13 Å². The minimum absolute atomic E-state index is 0.341. The number of nitrogens with zero attached hydrogens (tertiary/aromatic N) is 4. The van der Waals surface area contributed by atoms with Crippen molar-refractivity contribution in [3.8, 4) is 17.2 Å². The first-order chi connectivity index (χ1) is 20.4. The molecule has 2 aliphatic heterocycles. The molecule has 3 heterocycles. The summed E-state index contributed by atoms with van der Waals surface area (Å²) in [5.74, 6) is 0.303. The number of hydrogen-bond donors (Lipinski definition) is 1. The van der Waals surface area contributed by atoms with Gasteiger partial charge in [-0.2, -0.15) is 5.26 Å². The Balaban J connectivity index is 0.000000745. The van der Waals surface area contributed by atoms with E-state index in [1.165, 1.54) is 18.9 Å². The topological polar surface area (TPSA) is 88.1 Å². The third-order valence-corrected chi connectivity index (χ3v) is 8.33. The molecule has 2 aromatic carbocycles. The normalized spacial score (nSPS) is 14.4. The van der Waals surface area contributed by atoms with E-state index in [1.54, 1.807) is 6.07 Å². The van der Waals surface area contributed by atoms with E-state index in [0.717, 1.165) is 77.2 Å². The molecule has 0 saturated carbocycles. The molecule has 0 radical (unpaired) electrons. The van der Waals surface area contributed by atoms with Crippen molar-refractivity contribution in [1.29, 1.82) is 5.26 Å². The molecule has 1 aromatic heterocycles. The standard InChI is InChI=1S/C28H31FN5OP.C4H10.C2H6/c1-3-4-7-22(31)17(12-30)23-16(2)8-9-21(29)25(23)24-20-15-35-14-19(20)18-13-32-28(33-26(18)27(24)36)34-10-5-6-11-34;1-3-4-2;1-2/h8-9,13H,3-7,10-11,14-15,31,36H2,1-2H3;3-4H2,1-2H3;1-2H3/b22-17+;;. The molecule has 2 aliphatic rings. The van der Waals surface area contributed by atoms with Crippen LogP contribution in [-0.4, -0.2) is 23.1 Å². The smallest absolute Gasteiger partial charge is 0.225 e. The Labute approximate surface area is 253 Å². The van der Waals surface area contributed by atoms with Gasteiger partial charge in [-0.15, -0.1) is 9.24 Å². The van der Waals surface area contributed by atoms with Gasteiger partial charge in [0.2, 0.25) is 5.95 Å². The highest BCUT2D eigenvalue weighted by atomic mass is 31.0. The van der Waals surface area contributed by atoms with Gasteiger partial charge in [0, 0.05) is 52.4 Å². The van der Waals surface area contributed by atoms with Crippen molar-refractivity contribution in [1.82, 2.24) is 9.97 Å². The fraction of sp³-hybridized carbons (Fsp3) is 0.500. The molecular weight excluding hydrogens is 544 g/mol. The number of nitriles is 1. The average molecular weight is 592 g/mol. The van der Waals surface area contributed by atoms with Crippen molar-refractivity contribution in [2.45, 2.75) is 99.7 Å². The van der Waals surface area contributed by atoms with Crippen molar-refractivity contribution in [2.24, 2.45) is 5.73 Å². The molecule has 0 aliphatic carbocycles. The first kappa shape index (κ1) is 33.4. The van der Waals surface area contributed by atoms with Gasteiger partial charge in [-0.3, -0.25) is 0 Å². The number of allylic oxidation sites excluding steroid dienone is 2. The van der Waals surface area contributed by atoms with Crippen molar-refractivity contribution >= 4 is 37.0 Å². The number of ether oxygens (including phenoxy) is 1. The SMILES string of the molecule is CC.CCCC.CCCC/C(N)=C(/C#N)c1c(C)ccc(F)c1-c1c2c(c3cnc(N4CCCC4)nc3c1P)COC2. The fourth-order valence-electron chi connectivity index (χ4n) is 5.36. The second-order valence-electron chi connectivity index (χ2n) is 10.6. The van der Waals surface area contributed by atoms with Gasteiger partial charge >= 0.3 is 0 Å². The van der Waals surface area contributed by atoms with Crippen LogP contribution in [0, 0.1) is 24.1 Å². The quantitative estimate of drug-likeness (QED) is 0.221. The van der Waals surface area contributed by atoms with E-state index in [4.69, 9.17) is 15.5 Å². The maximum atomic E-state index is 15.8. The lowest BCUT2D eigenvalue weighted by Gasteiger charge is -2.21. The summed E-state index contributed by atoms with van der Waals surface area (Å²) in [5, 5.41) is 11.9. The second kappa shape index (κ2) is 16.0. The van der Waals surface area contributed by atoms with Crippen LogP contribution in [0.5, 0.6) is 0 Å². The van der Waals surface area contributed by atoms with Gasteiger partial charge in [-0.05, 0) is 55.4 Å².